The van der Waals surface area contributed by atoms with Crippen LogP contribution < -0.4 is 5.73 Å². The van der Waals surface area contributed by atoms with Gasteiger partial charge in [0.15, 0.2) is 0 Å². The van der Waals surface area contributed by atoms with Gasteiger partial charge in [0.2, 0.25) is 0 Å². The number of benzene rings is 1. The summed E-state index contributed by atoms with van der Waals surface area (Å²) < 4.78 is 0. The van der Waals surface area contributed by atoms with E-state index < -0.39 is 0 Å². The second-order valence-electron chi connectivity index (χ2n) is 4.48. The van der Waals surface area contributed by atoms with Crippen molar-refractivity contribution in [2.45, 2.75) is 19.5 Å². The highest BCUT2D eigenvalue weighted by Gasteiger charge is 2.33. The maximum absolute atomic E-state index is 12.1. The van der Waals surface area contributed by atoms with Crippen molar-refractivity contribution in [2.24, 2.45) is 5.73 Å². The maximum atomic E-state index is 12.1. The quantitative estimate of drug-likeness (QED) is 0.851. The molecule has 2 N–H and O–H groups in total. The van der Waals surface area contributed by atoms with Gasteiger partial charge in [0.25, 0.3) is 0 Å². The van der Waals surface area contributed by atoms with Crippen molar-refractivity contribution in [1.29, 1.82) is 0 Å². The molecule has 2 rings (SSSR count). The first kappa shape index (κ1) is 11.9. The van der Waals surface area contributed by atoms with Crippen molar-refractivity contribution in [2.75, 3.05) is 19.6 Å². The van der Waals surface area contributed by atoms with E-state index in [4.69, 9.17) is 5.73 Å². The SMILES string of the molecule is C[C@H]1CN(Cc2ccccc2)C(=O)N1CCN. The van der Waals surface area contributed by atoms with Crippen LogP contribution in [0, 0.1) is 0 Å². The van der Waals surface area contributed by atoms with Crippen LogP contribution in [0.4, 0.5) is 4.79 Å². The van der Waals surface area contributed by atoms with Crippen molar-refractivity contribution in [1.82, 2.24) is 9.80 Å². The summed E-state index contributed by atoms with van der Waals surface area (Å²) in [5, 5.41) is 0. The van der Waals surface area contributed by atoms with Gasteiger partial charge in [-0.1, -0.05) is 30.3 Å². The molecule has 0 bridgehead atoms. The smallest absolute Gasteiger partial charge is 0.320 e. The standard InChI is InChI=1S/C13H19N3O/c1-11-9-15(13(17)16(11)8-7-14)10-12-5-3-2-4-6-12/h2-6,11H,7-10,14H2,1H3/t11-/m0/s1. The minimum atomic E-state index is 0.104. The third-order valence-electron chi connectivity index (χ3n) is 3.12. The highest BCUT2D eigenvalue weighted by atomic mass is 16.2. The summed E-state index contributed by atoms with van der Waals surface area (Å²) in [7, 11) is 0. The van der Waals surface area contributed by atoms with E-state index in [1.807, 2.05) is 40.1 Å². The minimum absolute atomic E-state index is 0.104. The number of carbonyl (C=O) groups is 1. The van der Waals surface area contributed by atoms with Crippen LogP contribution in [0.25, 0.3) is 0 Å². The second kappa shape index (κ2) is 5.19. The van der Waals surface area contributed by atoms with Gasteiger partial charge in [-0.2, -0.15) is 0 Å². The minimum Gasteiger partial charge on any atom is -0.329 e. The Balaban J connectivity index is 2.02. The highest BCUT2D eigenvalue weighted by Crippen LogP contribution is 2.17. The van der Waals surface area contributed by atoms with Gasteiger partial charge < -0.3 is 15.5 Å². The van der Waals surface area contributed by atoms with Crippen LogP contribution in [0.3, 0.4) is 0 Å². The fourth-order valence-electron chi connectivity index (χ4n) is 2.26. The van der Waals surface area contributed by atoms with Crippen LogP contribution in [0.1, 0.15) is 12.5 Å². The zero-order valence-electron chi connectivity index (χ0n) is 10.2. The molecular formula is C13H19N3O. The normalized spacial score (nSPS) is 20.1. The van der Waals surface area contributed by atoms with Crippen molar-refractivity contribution < 1.29 is 4.79 Å². The lowest BCUT2D eigenvalue weighted by atomic mass is 10.2. The molecule has 0 aliphatic carbocycles. The summed E-state index contributed by atoms with van der Waals surface area (Å²) in [5.41, 5.74) is 6.69. The summed E-state index contributed by atoms with van der Waals surface area (Å²) in [6.07, 6.45) is 0. The van der Waals surface area contributed by atoms with E-state index in [1.165, 1.54) is 5.56 Å². The first-order valence-corrected chi connectivity index (χ1v) is 6.02. The lowest BCUT2D eigenvalue weighted by Crippen LogP contribution is -2.37. The fourth-order valence-corrected chi connectivity index (χ4v) is 2.26. The second-order valence-corrected chi connectivity index (χ2v) is 4.48. The largest absolute Gasteiger partial charge is 0.329 e. The van der Waals surface area contributed by atoms with Crippen LogP contribution in [-0.4, -0.2) is 41.5 Å². The van der Waals surface area contributed by atoms with Gasteiger partial charge >= 0.3 is 6.03 Å². The van der Waals surface area contributed by atoms with Gasteiger partial charge in [0.1, 0.15) is 0 Å². The Morgan fingerprint density at radius 1 is 1.35 bits per heavy atom. The Labute approximate surface area is 102 Å². The van der Waals surface area contributed by atoms with Crippen molar-refractivity contribution in [3.05, 3.63) is 35.9 Å². The predicted octanol–water partition coefficient (Wildman–Crippen LogP) is 1.27. The van der Waals surface area contributed by atoms with Gasteiger partial charge in [0.05, 0.1) is 0 Å². The van der Waals surface area contributed by atoms with E-state index in [0.29, 0.717) is 19.6 Å². The summed E-state index contributed by atoms with van der Waals surface area (Å²) in [6, 6.07) is 10.4. The molecule has 0 unspecified atom stereocenters. The molecule has 0 saturated carbocycles. The first-order valence-electron chi connectivity index (χ1n) is 6.02. The number of hydrogen-bond acceptors (Lipinski definition) is 2. The molecule has 1 aliphatic heterocycles. The molecule has 17 heavy (non-hydrogen) atoms. The van der Waals surface area contributed by atoms with Crippen LogP contribution in [0.15, 0.2) is 30.3 Å². The molecule has 4 nitrogen and oxygen atoms in total. The fraction of sp³-hybridized carbons (Fsp3) is 0.462. The third-order valence-corrected chi connectivity index (χ3v) is 3.12. The topological polar surface area (TPSA) is 49.6 Å². The number of urea groups is 1. The van der Waals surface area contributed by atoms with Crippen LogP contribution in [-0.2, 0) is 6.54 Å². The number of nitrogens with two attached hydrogens (primary N) is 1. The number of carbonyl (C=O) groups excluding carboxylic acids is 1. The first-order chi connectivity index (χ1) is 8.22. The van der Waals surface area contributed by atoms with Crippen LogP contribution in [0.5, 0.6) is 0 Å². The van der Waals surface area contributed by atoms with E-state index in [9.17, 15) is 4.79 Å². The molecule has 2 amide bonds. The zero-order valence-corrected chi connectivity index (χ0v) is 10.2. The van der Waals surface area contributed by atoms with Gasteiger partial charge in [-0.15, -0.1) is 0 Å². The molecule has 1 saturated heterocycles. The van der Waals surface area contributed by atoms with E-state index >= 15 is 0 Å². The maximum Gasteiger partial charge on any atom is 0.320 e. The number of nitrogens with zero attached hydrogens (tertiary/aromatic N) is 2. The lowest BCUT2D eigenvalue weighted by Gasteiger charge is -2.19. The van der Waals surface area contributed by atoms with Crippen molar-refractivity contribution in [3.8, 4) is 0 Å². The summed E-state index contributed by atoms with van der Waals surface area (Å²) in [6.45, 7) is 4.71. The average Bonchev–Trinajstić information content (AvgIpc) is 2.59. The molecule has 1 heterocycles. The average molecular weight is 233 g/mol. The third kappa shape index (κ3) is 2.58. The van der Waals surface area contributed by atoms with Crippen LogP contribution >= 0.6 is 0 Å². The van der Waals surface area contributed by atoms with Crippen LogP contribution in [0.2, 0.25) is 0 Å². The van der Waals surface area contributed by atoms with E-state index in [1.54, 1.807) is 0 Å². The Bertz CT molecular complexity index is 380. The number of rotatable bonds is 4. The molecule has 0 spiro atoms. The van der Waals surface area contributed by atoms with E-state index in [-0.39, 0.29) is 12.1 Å². The summed E-state index contributed by atoms with van der Waals surface area (Å²) >= 11 is 0. The summed E-state index contributed by atoms with van der Waals surface area (Å²) in [5.74, 6) is 0. The molecule has 0 radical (unpaired) electrons. The lowest BCUT2D eigenvalue weighted by molar-refractivity contribution is 0.187. The number of hydrogen-bond donors (Lipinski definition) is 1. The van der Waals surface area contributed by atoms with Crippen molar-refractivity contribution in [3.63, 3.8) is 0 Å². The van der Waals surface area contributed by atoms with E-state index in [2.05, 4.69) is 6.92 Å². The monoisotopic (exact) mass is 233 g/mol. The molecule has 1 atom stereocenters. The number of amides is 2. The highest BCUT2D eigenvalue weighted by molar-refractivity contribution is 5.77. The molecular weight excluding hydrogens is 214 g/mol. The predicted molar refractivity (Wildman–Crippen MR) is 67.5 cm³/mol. The Morgan fingerprint density at radius 2 is 2.06 bits per heavy atom. The zero-order chi connectivity index (χ0) is 12.3. The van der Waals surface area contributed by atoms with Gasteiger partial charge in [-0.05, 0) is 12.5 Å². The molecule has 4 heteroatoms. The van der Waals surface area contributed by atoms with Gasteiger partial charge in [-0.3, -0.25) is 0 Å². The van der Waals surface area contributed by atoms with Gasteiger partial charge in [0, 0.05) is 32.2 Å². The molecule has 1 fully saturated rings. The summed E-state index contributed by atoms with van der Waals surface area (Å²) in [4.78, 5) is 15.8. The molecule has 0 aromatic heterocycles. The Hall–Kier alpha value is -1.55. The van der Waals surface area contributed by atoms with E-state index in [0.717, 1.165) is 6.54 Å². The molecule has 1 aliphatic rings. The molecule has 92 valence electrons. The molecule has 1 aromatic carbocycles. The Kier molecular flexibility index (Phi) is 3.64. The molecule has 1 aromatic rings. The Morgan fingerprint density at radius 3 is 2.71 bits per heavy atom. The van der Waals surface area contributed by atoms with Gasteiger partial charge in [-0.25, -0.2) is 4.79 Å². The van der Waals surface area contributed by atoms with Crippen molar-refractivity contribution >= 4 is 6.03 Å².